The number of allylic oxidation sites excluding steroid dienone is 7. The first kappa shape index (κ1) is 46.8. The lowest BCUT2D eigenvalue weighted by Gasteiger charge is -2.43. The van der Waals surface area contributed by atoms with Crippen molar-refractivity contribution in [3.63, 3.8) is 0 Å². The second kappa shape index (κ2) is 21.3. The van der Waals surface area contributed by atoms with Crippen molar-refractivity contribution in [3.05, 3.63) is 118 Å². The molecule has 0 aliphatic heterocycles. The van der Waals surface area contributed by atoms with Gasteiger partial charge in [-0.2, -0.15) is 0 Å². The zero-order chi connectivity index (χ0) is 40.9. The van der Waals surface area contributed by atoms with Crippen molar-refractivity contribution >= 4 is 27.0 Å². The number of hydrogen-bond donors (Lipinski definition) is 1. The van der Waals surface area contributed by atoms with Gasteiger partial charge in [0.1, 0.15) is 0 Å². The molecule has 1 N–H and O–H groups in total. The lowest BCUT2D eigenvalue weighted by atomic mass is 9.78. The number of hydrogen-bond acceptors (Lipinski definition) is 3. The fourth-order valence-corrected chi connectivity index (χ4v) is 13.2. The van der Waals surface area contributed by atoms with Crippen molar-refractivity contribution in [1.82, 2.24) is 0 Å². The lowest BCUT2D eigenvalue weighted by Crippen LogP contribution is -2.66. The van der Waals surface area contributed by atoms with E-state index in [0.717, 1.165) is 57.8 Å². The van der Waals surface area contributed by atoms with E-state index in [-0.39, 0.29) is 16.2 Å². The van der Waals surface area contributed by atoms with Crippen LogP contribution in [0.1, 0.15) is 134 Å². The first-order valence-corrected chi connectivity index (χ1v) is 26.0. The van der Waals surface area contributed by atoms with Gasteiger partial charge in [0.15, 0.2) is 8.32 Å². The molecule has 2 aromatic rings. The first-order valence-electron chi connectivity index (χ1n) is 21.2. The minimum Gasteiger partial charge on any atom is -0.413 e. The highest BCUT2D eigenvalue weighted by atomic mass is 28.4. The van der Waals surface area contributed by atoms with Crippen LogP contribution in [-0.2, 0) is 8.85 Å². The molecule has 0 fully saturated rings. The molecule has 2 aromatic carbocycles. The van der Waals surface area contributed by atoms with Gasteiger partial charge in [-0.25, -0.2) is 0 Å². The molecule has 0 heterocycles. The molecule has 0 bridgehead atoms. The summed E-state index contributed by atoms with van der Waals surface area (Å²) in [6, 6.07) is 22.0. The largest absolute Gasteiger partial charge is 0.413 e. The number of benzene rings is 2. The van der Waals surface area contributed by atoms with Crippen LogP contribution < -0.4 is 10.4 Å². The maximum atomic E-state index is 11.0. The van der Waals surface area contributed by atoms with Gasteiger partial charge in [0, 0.05) is 0 Å². The van der Waals surface area contributed by atoms with Crippen molar-refractivity contribution in [2.75, 3.05) is 13.2 Å². The molecule has 0 spiro atoms. The van der Waals surface area contributed by atoms with Crippen molar-refractivity contribution in [2.45, 2.75) is 163 Å². The standard InChI is InChI=1S/C50H78O3Si2/c1-39(2)22-20-24-43(38-53-55(50(9,10)11,45-26-16-14-17-27-45)46-28-18-15-19-29-46)25-21-23-40(3)30-32-44-33-35-48(51)47(42(44)5)34-31-41(4)36-37-52-54(12,13)49(6,7)8/h14-19,22,25-30,36,44,48,51H,20-21,23-24,31-35,37-38H2,1-13H3/b40-30+,41-36+,43-25-/t44-,48+/m0/s1. The molecule has 0 saturated heterocycles. The monoisotopic (exact) mass is 783 g/mol. The Morgan fingerprint density at radius 2 is 1.27 bits per heavy atom. The topological polar surface area (TPSA) is 38.7 Å². The zero-order valence-electron chi connectivity index (χ0n) is 37.3. The van der Waals surface area contributed by atoms with Crippen molar-refractivity contribution in [2.24, 2.45) is 5.92 Å². The normalized spacial score (nSPS) is 18.2. The van der Waals surface area contributed by atoms with Crippen LogP contribution in [0.3, 0.4) is 0 Å². The average molecular weight is 783 g/mol. The molecular formula is C50H78O3Si2. The van der Waals surface area contributed by atoms with Crippen LogP contribution in [0.5, 0.6) is 0 Å². The SMILES string of the molecule is CC(C)=CCC/C(=C/CC/C(C)=C/C[C@H]1CC[C@@H](O)C(CC/C(C)=C/CO[Si](C)(C)C(C)(C)C)=C1C)CO[Si](c1ccccc1)(c1ccccc1)C(C)(C)C. The van der Waals surface area contributed by atoms with Crippen molar-refractivity contribution in [3.8, 4) is 0 Å². The number of rotatable bonds is 19. The second-order valence-electron chi connectivity index (χ2n) is 19.1. The molecule has 0 amide bonds. The molecule has 0 unspecified atom stereocenters. The van der Waals surface area contributed by atoms with Gasteiger partial charge in [-0.15, -0.1) is 0 Å². The van der Waals surface area contributed by atoms with Gasteiger partial charge in [-0.1, -0.05) is 149 Å². The fraction of sp³-hybridized carbons (Fsp3) is 0.560. The zero-order valence-corrected chi connectivity index (χ0v) is 39.3. The van der Waals surface area contributed by atoms with Crippen LogP contribution in [0.4, 0.5) is 0 Å². The summed E-state index contributed by atoms with van der Waals surface area (Å²) in [5.74, 6) is 0.509. The Kier molecular flexibility index (Phi) is 18.1. The summed E-state index contributed by atoms with van der Waals surface area (Å²) >= 11 is 0. The molecule has 3 rings (SSSR count). The van der Waals surface area contributed by atoms with Crippen LogP contribution in [0, 0.1) is 5.92 Å². The highest BCUT2D eigenvalue weighted by Crippen LogP contribution is 2.39. The highest BCUT2D eigenvalue weighted by molar-refractivity contribution is 6.99. The summed E-state index contributed by atoms with van der Waals surface area (Å²) in [6.07, 6.45) is 18.3. The smallest absolute Gasteiger partial charge is 0.261 e. The van der Waals surface area contributed by atoms with Gasteiger partial charge in [0.25, 0.3) is 8.32 Å². The van der Waals surface area contributed by atoms with Gasteiger partial charge in [-0.05, 0) is 143 Å². The lowest BCUT2D eigenvalue weighted by molar-refractivity contribution is 0.173. The van der Waals surface area contributed by atoms with E-state index in [1.54, 1.807) is 0 Å². The van der Waals surface area contributed by atoms with E-state index in [1.807, 2.05) is 0 Å². The van der Waals surface area contributed by atoms with Crippen molar-refractivity contribution < 1.29 is 14.0 Å². The molecule has 0 aromatic heterocycles. The van der Waals surface area contributed by atoms with Crippen LogP contribution in [0.2, 0.25) is 23.2 Å². The van der Waals surface area contributed by atoms with E-state index in [4.69, 9.17) is 8.85 Å². The molecular weight excluding hydrogens is 705 g/mol. The predicted octanol–water partition coefficient (Wildman–Crippen LogP) is 13.2. The van der Waals surface area contributed by atoms with Gasteiger partial charge in [0.05, 0.1) is 19.3 Å². The van der Waals surface area contributed by atoms with E-state index < -0.39 is 16.6 Å². The van der Waals surface area contributed by atoms with Gasteiger partial charge in [-0.3, -0.25) is 0 Å². The number of aliphatic hydroxyl groups is 1. The molecule has 5 heteroatoms. The second-order valence-corrected chi connectivity index (χ2v) is 28.2. The number of aliphatic hydroxyl groups excluding tert-OH is 1. The van der Waals surface area contributed by atoms with Gasteiger partial charge >= 0.3 is 0 Å². The predicted molar refractivity (Wildman–Crippen MR) is 245 cm³/mol. The molecule has 0 radical (unpaired) electrons. The summed E-state index contributed by atoms with van der Waals surface area (Å²) < 4.78 is 13.8. The summed E-state index contributed by atoms with van der Waals surface area (Å²) in [4.78, 5) is 0. The van der Waals surface area contributed by atoms with Gasteiger partial charge < -0.3 is 14.0 Å². The van der Waals surface area contributed by atoms with E-state index >= 15 is 0 Å². The summed E-state index contributed by atoms with van der Waals surface area (Å²) in [5, 5.41) is 13.9. The van der Waals surface area contributed by atoms with E-state index in [1.165, 1.54) is 43.8 Å². The third-order valence-electron chi connectivity index (χ3n) is 12.4. The Hall–Kier alpha value is -2.55. The molecule has 1 aliphatic rings. The van der Waals surface area contributed by atoms with Crippen molar-refractivity contribution in [1.29, 1.82) is 0 Å². The molecule has 2 atom stereocenters. The van der Waals surface area contributed by atoms with E-state index in [2.05, 4.69) is 174 Å². The first-order chi connectivity index (χ1) is 25.8. The molecule has 0 saturated carbocycles. The maximum Gasteiger partial charge on any atom is 0.261 e. The Bertz CT molecular complexity index is 1590. The summed E-state index contributed by atoms with van der Waals surface area (Å²) in [7, 11) is -4.36. The maximum absolute atomic E-state index is 11.0. The quantitative estimate of drug-likeness (QED) is 0.114. The summed E-state index contributed by atoms with van der Waals surface area (Å²) in [6.45, 7) is 31.1. The minimum absolute atomic E-state index is 0.0449. The Morgan fingerprint density at radius 3 is 1.82 bits per heavy atom. The van der Waals surface area contributed by atoms with Crippen LogP contribution in [-0.4, -0.2) is 41.1 Å². The molecule has 1 aliphatic carbocycles. The van der Waals surface area contributed by atoms with E-state index in [9.17, 15) is 5.11 Å². The third-order valence-corrected chi connectivity index (χ3v) is 21.9. The van der Waals surface area contributed by atoms with Crippen LogP contribution >= 0.6 is 0 Å². The molecule has 55 heavy (non-hydrogen) atoms. The Morgan fingerprint density at radius 1 is 0.709 bits per heavy atom. The van der Waals surface area contributed by atoms with Crippen LogP contribution in [0.15, 0.2) is 118 Å². The third kappa shape index (κ3) is 13.8. The Labute approximate surface area is 340 Å². The average Bonchev–Trinajstić information content (AvgIpc) is 3.11. The highest BCUT2D eigenvalue weighted by Gasteiger charge is 2.50. The van der Waals surface area contributed by atoms with Gasteiger partial charge in [0.2, 0.25) is 0 Å². The Balaban J connectivity index is 1.70. The molecule has 304 valence electrons. The van der Waals surface area contributed by atoms with Crippen LogP contribution in [0.25, 0.3) is 0 Å². The summed E-state index contributed by atoms with van der Waals surface area (Å²) in [5.41, 5.74) is 8.26. The van der Waals surface area contributed by atoms with E-state index in [0.29, 0.717) is 19.1 Å². The fourth-order valence-electron chi connectivity index (χ4n) is 7.67. The minimum atomic E-state index is -2.61. The molecule has 3 nitrogen and oxygen atoms in total.